The normalized spacial score (nSPS) is 12.5. The van der Waals surface area contributed by atoms with Crippen molar-refractivity contribution < 1.29 is 13.2 Å². The molecule has 0 nitrogen and oxygen atoms in total. The molecule has 0 fully saturated rings. The van der Waals surface area contributed by atoms with Gasteiger partial charge in [-0.1, -0.05) is 23.7 Å². The molecule has 2 rings (SSSR count). The minimum atomic E-state index is -0.690. The van der Waals surface area contributed by atoms with Crippen molar-refractivity contribution in [1.82, 2.24) is 0 Å². The van der Waals surface area contributed by atoms with Crippen molar-refractivity contribution in [3.63, 3.8) is 0 Å². The average Bonchev–Trinajstić information content (AvgIpc) is 2.37. The van der Waals surface area contributed by atoms with Gasteiger partial charge in [0.2, 0.25) is 0 Å². The van der Waals surface area contributed by atoms with E-state index >= 15 is 0 Å². The summed E-state index contributed by atoms with van der Waals surface area (Å²) < 4.78 is 40.0. The van der Waals surface area contributed by atoms with Crippen molar-refractivity contribution in [1.29, 1.82) is 0 Å². The van der Waals surface area contributed by atoms with Crippen LogP contribution in [0, 0.1) is 17.5 Å². The first-order valence-corrected chi connectivity index (χ1v) is 6.32. The number of alkyl halides is 1. The molecule has 0 saturated carbocycles. The molecule has 0 radical (unpaired) electrons. The van der Waals surface area contributed by atoms with Gasteiger partial charge >= 0.3 is 0 Å². The highest BCUT2D eigenvalue weighted by molar-refractivity contribution is 6.31. The second-order valence-electron chi connectivity index (χ2n) is 4.05. The number of hydrogen-bond donors (Lipinski definition) is 0. The van der Waals surface area contributed by atoms with E-state index in [9.17, 15) is 13.2 Å². The van der Waals surface area contributed by atoms with Gasteiger partial charge in [0, 0.05) is 5.56 Å². The van der Waals surface area contributed by atoms with Crippen molar-refractivity contribution >= 4 is 23.2 Å². The number of halogens is 5. The van der Waals surface area contributed by atoms with Gasteiger partial charge in [-0.05, 0) is 36.2 Å². The average molecular weight is 305 g/mol. The maximum absolute atomic E-state index is 13.5. The minimum Gasteiger partial charge on any atom is -0.207 e. The van der Waals surface area contributed by atoms with Gasteiger partial charge in [0.25, 0.3) is 0 Å². The fraction of sp³-hybridized carbons (Fsp3) is 0.143. The summed E-state index contributed by atoms with van der Waals surface area (Å²) in [5, 5.41) is -0.762. The molecule has 0 bridgehead atoms. The molecule has 1 unspecified atom stereocenters. The molecule has 0 aliphatic rings. The second-order valence-corrected chi connectivity index (χ2v) is 4.98. The summed E-state index contributed by atoms with van der Waals surface area (Å²) in [4.78, 5) is 0. The van der Waals surface area contributed by atoms with Gasteiger partial charge in [-0.3, -0.25) is 0 Å². The fourth-order valence-electron chi connectivity index (χ4n) is 1.73. The van der Waals surface area contributed by atoms with E-state index in [1.807, 2.05) is 0 Å². The van der Waals surface area contributed by atoms with Gasteiger partial charge < -0.3 is 0 Å². The molecular formula is C14H9Cl2F3. The molecule has 19 heavy (non-hydrogen) atoms. The Morgan fingerprint density at radius 1 is 0.947 bits per heavy atom. The van der Waals surface area contributed by atoms with Crippen LogP contribution in [-0.2, 0) is 6.42 Å². The monoisotopic (exact) mass is 304 g/mol. The Bertz CT molecular complexity index is 579. The molecule has 1 atom stereocenters. The van der Waals surface area contributed by atoms with E-state index < -0.39 is 22.8 Å². The highest BCUT2D eigenvalue weighted by atomic mass is 35.5. The Hall–Kier alpha value is -1.19. The van der Waals surface area contributed by atoms with Gasteiger partial charge in [0.15, 0.2) is 0 Å². The first kappa shape index (κ1) is 14.2. The van der Waals surface area contributed by atoms with Crippen LogP contribution < -0.4 is 0 Å². The highest BCUT2D eigenvalue weighted by Gasteiger charge is 2.16. The number of hydrogen-bond acceptors (Lipinski definition) is 0. The molecular weight excluding hydrogens is 296 g/mol. The first-order chi connectivity index (χ1) is 8.99. The second kappa shape index (κ2) is 5.85. The molecule has 0 aliphatic carbocycles. The molecule has 0 heterocycles. The summed E-state index contributed by atoms with van der Waals surface area (Å²) in [5.74, 6) is -1.87. The van der Waals surface area contributed by atoms with Gasteiger partial charge in [-0.25, -0.2) is 13.2 Å². The summed E-state index contributed by atoms with van der Waals surface area (Å²) in [6.07, 6.45) is -0.0397. The van der Waals surface area contributed by atoms with Crippen molar-refractivity contribution in [2.24, 2.45) is 0 Å². The topological polar surface area (TPSA) is 0 Å². The van der Waals surface area contributed by atoms with Crippen LogP contribution in [0.1, 0.15) is 16.5 Å². The van der Waals surface area contributed by atoms with E-state index in [-0.39, 0.29) is 17.0 Å². The van der Waals surface area contributed by atoms with E-state index in [4.69, 9.17) is 23.2 Å². The lowest BCUT2D eigenvalue weighted by Crippen LogP contribution is -2.02. The number of rotatable bonds is 3. The van der Waals surface area contributed by atoms with Crippen LogP contribution in [0.5, 0.6) is 0 Å². The van der Waals surface area contributed by atoms with Crippen molar-refractivity contribution in [3.05, 3.63) is 70.0 Å². The maximum Gasteiger partial charge on any atom is 0.141 e. The third-order valence-electron chi connectivity index (χ3n) is 2.75. The fourth-order valence-corrected chi connectivity index (χ4v) is 2.21. The molecule has 0 aliphatic heterocycles. The minimum absolute atomic E-state index is 0.0397. The lowest BCUT2D eigenvalue weighted by molar-refractivity contribution is 0.553. The van der Waals surface area contributed by atoms with E-state index in [0.29, 0.717) is 5.56 Å². The predicted octanol–water partition coefficient (Wildman–Crippen LogP) is 5.28. The Labute approximate surface area is 118 Å². The third kappa shape index (κ3) is 3.23. The standard InChI is InChI=1S/C14H9Cl2F3/c15-10(8-4-5-14(19)11(16)6-8)7-9-12(17)2-1-3-13(9)18/h1-6,10H,7H2. The molecule has 0 saturated heterocycles. The number of benzene rings is 2. The molecule has 0 amide bonds. The highest BCUT2D eigenvalue weighted by Crippen LogP contribution is 2.29. The Kier molecular flexibility index (Phi) is 4.38. The van der Waals surface area contributed by atoms with Crippen LogP contribution in [0.25, 0.3) is 0 Å². The van der Waals surface area contributed by atoms with Gasteiger partial charge in [-0.15, -0.1) is 11.6 Å². The van der Waals surface area contributed by atoms with E-state index in [1.165, 1.54) is 36.4 Å². The Balaban J connectivity index is 2.25. The SMILES string of the molecule is Fc1ccc(C(Cl)Cc2c(F)cccc2F)cc1Cl. The molecule has 0 aromatic heterocycles. The molecule has 100 valence electrons. The zero-order chi connectivity index (χ0) is 14.0. The Morgan fingerprint density at radius 2 is 1.58 bits per heavy atom. The van der Waals surface area contributed by atoms with Crippen LogP contribution in [0.2, 0.25) is 5.02 Å². The molecule has 2 aromatic carbocycles. The smallest absolute Gasteiger partial charge is 0.141 e. The van der Waals surface area contributed by atoms with Crippen LogP contribution in [0.3, 0.4) is 0 Å². The van der Waals surface area contributed by atoms with Crippen LogP contribution in [-0.4, -0.2) is 0 Å². The summed E-state index contributed by atoms with van der Waals surface area (Å²) in [7, 11) is 0. The van der Waals surface area contributed by atoms with E-state index in [2.05, 4.69) is 0 Å². The van der Waals surface area contributed by atoms with Gasteiger partial charge in [0.05, 0.1) is 10.4 Å². The first-order valence-electron chi connectivity index (χ1n) is 5.51. The van der Waals surface area contributed by atoms with Crippen LogP contribution in [0.4, 0.5) is 13.2 Å². The lowest BCUT2D eigenvalue weighted by atomic mass is 10.0. The van der Waals surface area contributed by atoms with Crippen molar-refractivity contribution in [3.8, 4) is 0 Å². The predicted molar refractivity (Wildman–Crippen MR) is 70.1 cm³/mol. The zero-order valence-corrected chi connectivity index (χ0v) is 11.2. The molecule has 5 heteroatoms. The summed E-state index contributed by atoms with van der Waals surface area (Å²) >= 11 is 11.7. The van der Waals surface area contributed by atoms with Crippen molar-refractivity contribution in [2.45, 2.75) is 11.8 Å². The largest absolute Gasteiger partial charge is 0.207 e. The van der Waals surface area contributed by atoms with Gasteiger partial charge in [0.1, 0.15) is 17.5 Å². The molecule has 0 N–H and O–H groups in total. The zero-order valence-electron chi connectivity index (χ0n) is 9.64. The molecule has 0 spiro atoms. The summed E-state index contributed by atoms with van der Waals surface area (Å²) in [6.45, 7) is 0. The Morgan fingerprint density at radius 3 is 2.16 bits per heavy atom. The maximum atomic E-state index is 13.5. The van der Waals surface area contributed by atoms with Crippen molar-refractivity contribution in [2.75, 3.05) is 0 Å². The quantitative estimate of drug-likeness (QED) is 0.677. The summed E-state index contributed by atoms with van der Waals surface area (Å²) in [5.41, 5.74) is 0.415. The van der Waals surface area contributed by atoms with Crippen LogP contribution >= 0.6 is 23.2 Å². The summed E-state index contributed by atoms with van der Waals surface area (Å²) in [6, 6.07) is 7.58. The third-order valence-corrected chi connectivity index (χ3v) is 3.45. The van der Waals surface area contributed by atoms with E-state index in [0.717, 1.165) is 0 Å². The lowest BCUT2D eigenvalue weighted by Gasteiger charge is -2.12. The van der Waals surface area contributed by atoms with Gasteiger partial charge in [-0.2, -0.15) is 0 Å². The molecule has 2 aromatic rings. The van der Waals surface area contributed by atoms with Crippen LogP contribution in [0.15, 0.2) is 36.4 Å². The van der Waals surface area contributed by atoms with E-state index in [1.54, 1.807) is 0 Å².